The average molecular weight is 366 g/mol. The minimum atomic E-state index is -3.09. The minimum Gasteiger partial charge on any atom is -0.361 e. The molecule has 1 fully saturated rings. The maximum atomic E-state index is 12.2. The molecule has 25 heavy (non-hydrogen) atoms. The number of nitro groups is 1. The van der Waals surface area contributed by atoms with Crippen LogP contribution < -0.4 is 10.2 Å². The zero-order valence-electron chi connectivity index (χ0n) is 13.6. The Morgan fingerprint density at radius 1 is 1.52 bits per heavy atom. The number of anilines is 1. The van der Waals surface area contributed by atoms with Gasteiger partial charge in [0.25, 0.3) is 5.69 Å². The van der Waals surface area contributed by atoms with E-state index in [0.717, 1.165) is 0 Å². The Hall–Kier alpha value is -2.67. The van der Waals surface area contributed by atoms with Gasteiger partial charge in [-0.1, -0.05) is 0 Å². The van der Waals surface area contributed by atoms with E-state index in [2.05, 4.69) is 5.32 Å². The first-order valence-electron chi connectivity index (χ1n) is 7.69. The highest BCUT2D eigenvalue weighted by molar-refractivity contribution is 7.91. The fourth-order valence-corrected chi connectivity index (χ4v) is 4.40. The summed E-state index contributed by atoms with van der Waals surface area (Å²) in [4.78, 5) is 24.0. The van der Waals surface area contributed by atoms with Crippen molar-refractivity contribution in [3.63, 3.8) is 0 Å². The van der Waals surface area contributed by atoms with Gasteiger partial charge in [0.2, 0.25) is 5.91 Å². The van der Waals surface area contributed by atoms with Gasteiger partial charge in [0.05, 0.1) is 34.2 Å². The fraction of sp³-hybridized carbons (Fsp3) is 0.467. The van der Waals surface area contributed by atoms with E-state index < -0.39 is 20.8 Å². The lowest BCUT2D eigenvalue weighted by molar-refractivity contribution is -0.384. The first-order valence-corrected chi connectivity index (χ1v) is 9.51. The van der Waals surface area contributed by atoms with Crippen LogP contribution in [0.4, 0.5) is 11.4 Å². The summed E-state index contributed by atoms with van der Waals surface area (Å²) in [5.74, 6) is -0.353. The van der Waals surface area contributed by atoms with Crippen molar-refractivity contribution in [3.05, 3.63) is 33.9 Å². The van der Waals surface area contributed by atoms with Crippen molar-refractivity contribution in [2.45, 2.75) is 19.4 Å². The molecule has 1 N–H and O–H groups in total. The molecule has 0 saturated carbocycles. The molecule has 10 heteroatoms. The summed E-state index contributed by atoms with van der Waals surface area (Å²) in [6, 6.07) is 5.39. The molecular formula is C15H18N4O5S. The number of nitriles is 1. The second-order valence-electron chi connectivity index (χ2n) is 5.75. The molecule has 0 radical (unpaired) electrons. The summed E-state index contributed by atoms with van der Waals surface area (Å²) in [7, 11) is -3.09. The lowest BCUT2D eigenvalue weighted by atomic mass is 10.1. The van der Waals surface area contributed by atoms with Crippen LogP contribution in [-0.2, 0) is 14.6 Å². The van der Waals surface area contributed by atoms with Gasteiger partial charge in [-0.25, -0.2) is 8.42 Å². The highest BCUT2D eigenvalue weighted by Crippen LogP contribution is 2.24. The smallest absolute Gasteiger partial charge is 0.270 e. The van der Waals surface area contributed by atoms with Gasteiger partial charge in [0.15, 0.2) is 9.84 Å². The second kappa shape index (κ2) is 7.48. The van der Waals surface area contributed by atoms with Crippen LogP contribution in [0.1, 0.15) is 18.9 Å². The van der Waals surface area contributed by atoms with Crippen molar-refractivity contribution in [1.29, 1.82) is 5.26 Å². The molecule has 1 aliphatic heterocycles. The summed E-state index contributed by atoms with van der Waals surface area (Å²) in [6.07, 6.45) is 0.390. The number of hydrogen-bond donors (Lipinski definition) is 1. The number of non-ortho nitro benzene ring substituents is 1. The van der Waals surface area contributed by atoms with Gasteiger partial charge in [0, 0.05) is 24.7 Å². The van der Waals surface area contributed by atoms with Gasteiger partial charge in [-0.2, -0.15) is 5.26 Å². The Morgan fingerprint density at radius 2 is 2.24 bits per heavy atom. The van der Waals surface area contributed by atoms with Crippen LogP contribution in [0.3, 0.4) is 0 Å². The Labute approximate surface area is 145 Å². The number of nitro benzene ring substituents is 1. The van der Waals surface area contributed by atoms with Gasteiger partial charge < -0.3 is 10.2 Å². The topological polar surface area (TPSA) is 133 Å². The molecule has 2 rings (SSSR count). The van der Waals surface area contributed by atoms with E-state index in [-0.39, 0.29) is 35.2 Å². The Kier molecular flexibility index (Phi) is 5.58. The van der Waals surface area contributed by atoms with Crippen LogP contribution in [0.25, 0.3) is 0 Å². The third kappa shape index (κ3) is 4.67. The molecule has 1 atom stereocenters. The van der Waals surface area contributed by atoms with E-state index in [0.29, 0.717) is 18.7 Å². The van der Waals surface area contributed by atoms with Gasteiger partial charge in [0.1, 0.15) is 6.07 Å². The van der Waals surface area contributed by atoms with E-state index in [1.165, 1.54) is 18.2 Å². The number of nitrogens with one attached hydrogen (secondary N) is 1. The summed E-state index contributed by atoms with van der Waals surface area (Å²) in [5.41, 5.74) is 0.328. The number of sulfone groups is 1. The molecule has 0 spiro atoms. The third-order valence-electron chi connectivity index (χ3n) is 3.97. The number of carbonyl (C=O) groups excluding carboxylic acids is 1. The van der Waals surface area contributed by atoms with Crippen molar-refractivity contribution in [1.82, 2.24) is 5.32 Å². The van der Waals surface area contributed by atoms with Crippen LogP contribution in [0.2, 0.25) is 0 Å². The predicted molar refractivity (Wildman–Crippen MR) is 90.9 cm³/mol. The Morgan fingerprint density at radius 3 is 2.76 bits per heavy atom. The molecule has 1 aromatic carbocycles. The van der Waals surface area contributed by atoms with E-state index in [4.69, 9.17) is 0 Å². The fourth-order valence-electron chi connectivity index (χ4n) is 2.73. The number of likely N-dealkylation sites (N-methyl/N-ethyl adjacent to an activating group) is 1. The first kappa shape index (κ1) is 18.7. The molecule has 0 aliphatic carbocycles. The second-order valence-corrected chi connectivity index (χ2v) is 7.98. The number of benzene rings is 1. The number of rotatable bonds is 6. The summed E-state index contributed by atoms with van der Waals surface area (Å²) in [5, 5.41) is 22.7. The molecule has 9 nitrogen and oxygen atoms in total. The van der Waals surface area contributed by atoms with Gasteiger partial charge in [-0.05, 0) is 19.4 Å². The largest absolute Gasteiger partial charge is 0.361 e. The first-order chi connectivity index (χ1) is 11.8. The lowest BCUT2D eigenvalue weighted by Crippen LogP contribution is -2.42. The van der Waals surface area contributed by atoms with Gasteiger partial charge in [-0.3, -0.25) is 14.9 Å². The van der Waals surface area contributed by atoms with Crippen molar-refractivity contribution in [3.8, 4) is 6.07 Å². The van der Waals surface area contributed by atoms with Crippen molar-refractivity contribution < 1.29 is 18.1 Å². The van der Waals surface area contributed by atoms with Crippen LogP contribution >= 0.6 is 0 Å². The van der Waals surface area contributed by atoms with Crippen LogP contribution in [0.5, 0.6) is 0 Å². The quantitative estimate of drug-likeness (QED) is 0.575. The van der Waals surface area contributed by atoms with E-state index in [9.17, 15) is 28.6 Å². The van der Waals surface area contributed by atoms with Crippen molar-refractivity contribution in [2.75, 3.05) is 29.5 Å². The molecule has 1 amide bonds. The SMILES string of the molecule is CCN(CC(=O)N[C@@H]1CCS(=O)(=O)C1)c1ccc([N+](=O)[O-])cc1C#N. The molecule has 1 aliphatic rings. The maximum Gasteiger partial charge on any atom is 0.270 e. The maximum absolute atomic E-state index is 12.2. The van der Waals surface area contributed by atoms with E-state index >= 15 is 0 Å². The Balaban J connectivity index is 2.11. The predicted octanol–water partition coefficient (Wildman–Crippen LogP) is 0.596. The van der Waals surface area contributed by atoms with Crippen LogP contribution in [0, 0.1) is 21.4 Å². The van der Waals surface area contributed by atoms with Crippen LogP contribution in [-0.4, -0.2) is 49.9 Å². The molecule has 1 aromatic rings. The molecule has 0 unspecified atom stereocenters. The number of carbonyl (C=O) groups is 1. The normalized spacial score (nSPS) is 18.3. The summed E-state index contributed by atoms with van der Waals surface area (Å²) < 4.78 is 22.9. The van der Waals surface area contributed by atoms with Crippen LogP contribution in [0.15, 0.2) is 18.2 Å². The summed E-state index contributed by atoms with van der Waals surface area (Å²) >= 11 is 0. The van der Waals surface area contributed by atoms with E-state index in [1.807, 2.05) is 6.07 Å². The highest BCUT2D eigenvalue weighted by Gasteiger charge is 2.29. The van der Waals surface area contributed by atoms with Gasteiger partial charge in [-0.15, -0.1) is 0 Å². The monoisotopic (exact) mass is 366 g/mol. The molecule has 134 valence electrons. The number of nitrogens with zero attached hydrogens (tertiary/aromatic N) is 3. The molecular weight excluding hydrogens is 348 g/mol. The standard InChI is InChI=1S/C15H18N4O5S/c1-2-18(9-15(20)17-12-5-6-25(23,24)10-12)14-4-3-13(19(21)22)7-11(14)8-16/h3-4,7,12H,2,5-6,9-10H2,1H3,(H,17,20)/t12-/m1/s1. The molecule has 1 saturated heterocycles. The summed E-state index contributed by atoms with van der Waals surface area (Å²) in [6.45, 7) is 2.12. The van der Waals surface area contributed by atoms with Gasteiger partial charge >= 0.3 is 0 Å². The molecule has 0 bridgehead atoms. The zero-order chi connectivity index (χ0) is 18.6. The lowest BCUT2D eigenvalue weighted by Gasteiger charge is -2.24. The van der Waals surface area contributed by atoms with E-state index in [1.54, 1.807) is 11.8 Å². The Bertz CT molecular complexity index is 831. The van der Waals surface area contributed by atoms with Crippen molar-refractivity contribution in [2.24, 2.45) is 0 Å². The third-order valence-corrected chi connectivity index (χ3v) is 5.73. The number of hydrogen-bond acceptors (Lipinski definition) is 7. The average Bonchev–Trinajstić information content (AvgIpc) is 2.90. The number of amides is 1. The molecule has 1 heterocycles. The highest BCUT2D eigenvalue weighted by atomic mass is 32.2. The molecule has 0 aromatic heterocycles. The van der Waals surface area contributed by atoms with Crippen molar-refractivity contribution >= 4 is 27.1 Å². The minimum absolute atomic E-state index is 0.0636. The zero-order valence-corrected chi connectivity index (χ0v) is 14.5.